The van der Waals surface area contributed by atoms with Gasteiger partial charge in [-0.2, -0.15) is 13.2 Å². The third-order valence-corrected chi connectivity index (χ3v) is 4.03. The number of rotatable bonds is 5. The van der Waals surface area contributed by atoms with Gasteiger partial charge >= 0.3 is 12.1 Å². The van der Waals surface area contributed by atoms with Crippen LogP contribution in [0.4, 0.5) is 18.9 Å². The fraction of sp³-hybridized carbons (Fsp3) is 0.0952. The van der Waals surface area contributed by atoms with Crippen molar-refractivity contribution >= 4 is 17.6 Å². The first kappa shape index (κ1) is 20.8. The third-order valence-electron chi connectivity index (χ3n) is 4.03. The lowest BCUT2D eigenvalue weighted by Gasteiger charge is -2.18. The molecular weight excluding hydrogens is 401 g/mol. The monoisotopic (exact) mass is 416 g/mol. The summed E-state index contributed by atoms with van der Waals surface area (Å²) in [5, 5.41) is 2.34. The average molecular weight is 416 g/mol. The molecule has 1 unspecified atom stereocenters. The molecule has 3 rings (SSSR count). The molecule has 1 aromatic heterocycles. The molecule has 30 heavy (non-hydrogen) atoms. The van der Waals surface area contributed by atoms with Crippen LogP contribution in [0.5, 0.6) is 0 Å². The second kappa shape index (κ2) is 8.64. The molecule has 2 N–H and O–H groups in total. The number of benzene rings is 2. The zero-order valence-corrected chi connectivity index (χ0v) is 15.3. The molecule has 0 aliphatic heterocycles. The van der Waals surface area contributed by atoms with Crippen molar-refractivity contribution in [2.75, 3.05) is 5.32 Å². The Morgan fingerprint density at radius 1 is 0.967 bits per heavy atom. The molecule has 0 aliphatic carbocycles. The van der Waals surface area contributed by atoms with Crippen molar-refractivity contribution in [2.45, 2.75) is 12.3 Å². The van der Waals surface area contributed by atoms with E-state index in [9.17, 15) is 27.6 Å². The maximum absolute atomic E-state index is 12.9. The Morgan fingerprint density at radius 2 is 1.70 bits per heavy atom. The summed E-state index contributed by atoms with van der Waals surface area (Å²) in [7, 11) is 0. The number of aromatic amines is 1. The lowest BCUT2D eigenvalue weighted by Crippen LogP contribution is -2.26. The lowest BCUT2D eigenvalue weighted by molar-refractivity contribution is -0.137. The van der Waals surface area contributed by atoms with E-state index >= 15 is 0 Å². The predicted octanol–water partition coefficient (Wildman–Crippen LogP) is 3.93. The van der Waals surface area contributed by atoms with Gasteiger partial charge in [0.2, 0.25) is 11.7 Å². The molecule has 154 valence electrons. The van der Waals surface area contributed by atoms with Gasteiger partial charge in [0.25, 0.3) is 5.91 Å². The molecule has 9 heteroatoms. The quantitative estimate of drug-likeness (QED) is 0.617. The Balaban J connectivity index is 1.87. The van der Waals surface area contributed by atoms with Crippen molar-refractivity contribution in [2.24, 2.45) is 0 Å². The summed E-state index contributed by atoms with van der Waals surface area (Å²) in [5.41, 5.74) is -1.35. The normalized spacial score (nSPS) is 12.1. The standard InChI is InChI=1S/C21H15F3N2O4/c22-21(23,24)15-7-4-8-16(12-15)26-19(28)18(13-5-2-1-3-6-13)30-20(29)14-9-10-25-17(27)11-14/h1-12,18H,(H,25,27)(H,26,28). The average Bonchev–Trinajstić information content (AvgIpc) is 2.72. The van der Waals surface area contributed by atoms with Crippen molar-refractivity contribution in [1.82, 2.24) is 4.98 Å². The van der Waals surface area contributed by atoms with Crippen LogP contribution in [-0.2, 0) is 15.7 Å². The molecule has 1 heterocycles. The molecular formula is C21H15F3N2O4. The Bertz CT molecular complexity index is 1110. The van der Waals surface area contributed by atoms with Gasteiger partial charge in [-0.15, -0.1) is 0 Å². The number of pyridine rings is 1. The number of amides is 1. The molecule has 0 spiro atoms. The summed E-state index contributed by atoms with van der Waals surface area (Å²) >= 11 is 0. The number of carbonyl (C=O) groups excluding carboxylic acids is 2. The van der Waals surface area contributed by atoms with Crippen LogP contribution in [0, 0.1) is 0 Å². The zero-order valence-electron chi connectivity index (χ0n) is 15.3. The minimum Gasteiger partial charge on any atom is -0.444 e. The van der Waals surface area contributed by atoms with Crippen molar-refractivity contribution < 1.29 is 27.5 Å². The van der Waals surface area contributed by atoms with E-state index in [0.717, 1.165) is 24.3 Å². The van der Waals surface area contributed by atoms with Crippen LogP contribution in [0.2, 0.25) is 0 Å². The summed E-state index contributed by atoms with van der Waals surface area (Å²) in [6.07, 6.45) is -4.78. The van der Waals surface area contributed by atoms with Crippen LogP contribution < -0.4 is 10.9 Å². The van der Waals surface area contributed by atoms with Gasteiger partial charge in [-0.3, -0.25) is 9.59 Å². The fourth-order valence-electron chi connectivity index (χ4n) is 2.63. The van der Waals surface area contributed by atoms with Gasteiger partial charge in [-0.25, -0.2) is 4.79 Å². The van der Waals surface area contributed by atoms with Crippen LogP contribution in [0.3, 0.4) is 0 Å². The molecule has 3 aromatic rings. The number of carbonyl (C=O) groups is 2. The molecule has 1 atom stereocenters. The molecule has 0 radical (unpaired) electrons. The SMILES string of the molecule is O=C(OC(C(=O)Nc1cccc(C(F)(F)F)c1)c1ccccc1)c1cc[nH]c(=O)c1. The highest BCUT2D eigenvalue weighted by Crippen LogP contribution is 2.31. The van der Waals surface area contributed by atoms with Crippen LogP contribution >= 0.6 is 0 Å². The molecule has 0 saturated heterocycles. The van der Waals surface area contributed by atoms with Crippen LogP contribution in [0.25, 0.3) is 0 Å². The van der Waals surface area contributed by atoms with E-state index in [1.807, 2.05) is 0 Å². The van der Waals surface area contributed by atoms with Gasteiger partial charge in [0, 0.05) is 23.5 Å². The molecule has 0 saturated carbocycles. The number of hydrogen-bond donors (Lipinski definition) is 2. The highest BCUT2D eigenvalue weighted by molar-refractivity contribution is 5.98. The number of halogens is 3. The first-order chi connectivity index (χ1) is 14.2. The maximum atomic E-state index is 12.9. The number of aromatic nitrogens is 1. The lowest BCUT2D eigenvalue weighted by atomic mass is 10.1. The fourth-order valence-corrected chi connectivity index (χ4v) is 2.63. The number of H-pyrrole nitrogens is 1. The molecule has 1 amide bonds. The Hall–Kier alpha value is -3.88. The van der Waals surface area contributed by atoms with E-state index in [2.05, 4.69) is 10.3 Å². The largest absolute Gasteiger partial charge is 0.444 e. The van der Waals surface area contributed by atoms with Crippen LogP contribution in [-0.4, -0.2) is 16.9 Å². The highest BCUT2D eigenvalue weighted by Gasteiger charge is 2.31. The topological polar surface area (TPSA) is 88.3 Å². The summed E-state index contributed by atoms with van der Waals surface area (Å²) < 4.78 is 44.0. The van der Waals surface area contributed by atoms with Crippen molar-refractivity contribution in [3.8, 4) is 0 Å². The zero-order chi connectivity index (χ0) is 21.7. The van der Waals surface area contributed by atoms with Gasteiger partial charge in [-0.05, 0) is 24.3 Å². The first-order valence-electron chi connectivity index (χ1n) is 8.67. The number of esters is 1. The molecule has 6 nitrogen and oxygen atoms in total. The van der Waals surface area contributed by atoms with E-state index in [-0.39, 0.29) is 11.3 Å². The maximum Gasteiger partial charge on any atom is 0.416 e. The summed E-state index contributed by atoms with van der Waals surface area (Å²) in [5.74, 6) is -1.78. The predicted molar refractivity (Wildman–Crippen MR) is 102 cm³/mol. The Labute approximate surface area is 168 Å². The van der Waals surface area contributed by atoms with Crippen molar-refractivity contribution in [1.29, 1.82) is 0 Å². The molecule has 0 bridgehead atoms. The number of alkyl halides is 3. The van der Waals surface area contributed by atoms with Crippen molar-refractivity contribution in [3.63, 3.8) is 0 Å². The van der Waals surface area contributed by atoms with Gasteiger partial charge < -0.3 is 15.0 Å². The van der Waals surface area contributed by atoms with Crippen LogP contribution in [0.1, 0.15) is 27.6 Å². The third kappa shape index (κ3) is 5.13. The van der Waals surface area contributed by atoms with E-state index in [1.54, 1.807) is 18.2 Å². The van der Waals surface area contributed by atoms with Gasteiger partial charge in [0.15, 0.2) is 0 Å². The minimum absolute atomic E-state index is 0.0773. The van der Waals surface area contributed by atoms with E-state index in [1.165, 1.54) is 30.5 Å². The number of hydrogen-bond acceptors (Lipinski definition) is 4. The number of nitrogens with one attached hydrogen (secondary N) is 2. The number of anilines is 1. The summed E-state index contributed by atoms with van der Waals surface area (Å²) in [6, 6.07) is 14.4. The van der Waals surface area contributed by atoms with E-state index in [0.29, 0.717) is 5.56 Å². The Morgan fingerprint density at radius 3 is 2.37 bits per heavy atom. The molecule has 2 aromatic carbocycles. The van der Waals surface area contributed by atoms with Gasteiger partial charge in [0.1, 0.15) is 0 Å². The second-order valence-electron chi connectivity index (χ2n) is 6.21. The molecule has 0 fully saturated rings. The first-order valence-corrected chi connectivity index (χ1v) is 8.67. The number of ether oxygens (including phenoxy) is 1. The summed E-state index contributed by atoms with van der Waals surface area (Å²) in [4.78, 5) is 38.9. The van der Waals surface area contributed by atoms with E-state index < -0.39 is 35.3 Å². The van der Waals surface area contributed by atoms with Gasteiger partial charge in [-0.1, -0.05) is 36.4 Å². The second-order valence-corrected chi connectivity index (χ2v) is 6.21. The van der Waals surface area contributed by atoms with Crippen LogP contribution in [0.15, 0.2) is 77.7 Å². The Kier molecular flexibility index (Phi) is 6.01. The highest BCUT2D eigenvalue weighted by atomic mass is 19.4. The molecule has 0 aliphatic rings. The summed E-state index contributed by atoms with van der Waals surface area (Å²) in [6.45, 7) is 0. The van der Waals surface area contributed by atoms with Gasteiger partial charge in [0.05, 0.1) is 11.1 Å². The van der Waals surface area contributed by atoms with E-state index in [4.69, 9.17) is 4.74 Å². The minimum atomic E-state index is -4.58. The smallest absolute Gasteiger partial charge is 0.416 e. The van der Waals surface area contributed by atoms with Crippen molar-refractivity contribution in [3.05, 3.63) is 100.0 Å².